The molecule has 3 rings (SSSR count). The molecule has 1 saturated heterocycles. The van der Waals surface area contributed by atoms with E-state index in [2.05, 4.69) is 9.97 Å². The molecular weight excluding hydrogens is 352 g/mol. The van der Waals surface area contributed by atoms with E-state index in [9.17, 15) is 8.42 Å². The molecule has 2 heterocycles. The minimum Gasteiger partial charge on any atom is -0.474 e. The third-order valence-corrected chi connectivity index (χ3v) is 6.16. The van der Waals surface area contributed by atoms with Gasteiger partial charge in [-0.15, -0.1) is 0 Å². The highest BCUT2D eigenvalue weighted by molar-refractivity contribution is 7.89. The quantitative estimate of drug-likeness (QED) is 0.816. The summed E-state index contributed by atoms with van der Waals surface area (Å²) in [7, 11) is -3.55. The molecule has 8 heteroatoms. The fraction of sp³-hybridized carbons (Fsp3) is 0.389. The molecular formula is C18H20N4O3S. The van der Waals surface area contributed by atoms with Gasteiger partial charge in [0, 0.05) is 24.8 Å². The molecule has 0 N–H and O–H groups in total. The Labute approximate surface area is 153 Å². The number of hydrogen-bond acceptors (Lipinski definition) is 6. The fourth-order valence-corrected chi connectivity index (χ4v) is 4.42. The molecule has 0 atom stereocenters. The van der Waals surface area contributed by atoms with Gasteiger partial charge < -0.3 is 4.74 Å². The molecule has 0 aliphatic carbocycles. The Bertz CT molecular complexity index is 908. The van der Waals surface area contributed by atoms with Crippen molar-refractivity contribution in [3.63, 3.8) is 0 Å². The van der Waals surface area contributed by atoms with Crippen molar-refractivity contribution in [1.82, 2.24) is 14.3 Å². The molecule has 26 heavy (non-hydrogen) atoms. The Balaban J connectivity index is 1.64. The highest BCUT2D eigenvalue weighted by atomic mass is 32.2. The Morgan fingerprint density at radius 2 is 1.81 bits per heavy atom. The van der Waals surface area contributed by atoms with Gasteiger partial charge in [0.2, 0.25) is 15.9 Å². The van der Waals surface area contributed by atoms with Crippen LogP contribution >= 0.6 is 0 Å². The second-order valence-corrected chi connectivity index (χ2v) is 8.19. The first-order chi connectivity index (χ1) is 12.4. The monoisotopic (exact) mass is 372 g/mol. The maximum absolute atomic E-state index is 12.7. The summed E-state index contributed by atoms with van der Waals surface area (Å²) in [5, 5.41) is 8.83. The Hall–Kier alpha value is -2.50. The predicted octanol–water partition coefficient (Wildman–Crippen LogP) is 2.20. The summed E-state index contributed by atoms with van der Waals surface area (Å²) in [5.41, 5.74) is 1.28. The van der Waals surface area contributed by atoms with Crippen LogP contribution in [-0.4, -0.2) is 41.9 Å². The molecule has 0 bridgehead atoms. The lowest BCUT2D eigenvalue weighted by Crippen LogP contribution is -2.41. The number of hydrogen-bond donors (Lipinski definition) is 0. The Morgan fingerprint density at radius 3 is 2.38 bits per heavy atom. The minimum absolute atomic E-state index is 0.0730. The van der Waals surface area contributed by atoms with Gasteiger partial charge in [0.25, 0.3) is 0 Å². The van der Waals surface area contributed by atoms with Crippen LogP contribution < -0.4 is 4.74 Å². The molecule has 0 amide bonds. The average Bonchev–Trinajstić information content (AvgIpc) is 2.61. The zero-order valence-electron chi connectivity index (χ0n) is 14.7. The third kappa shape index (κ3) is 4.00. The van der Waals surface area contributed by atoms with Crippen LogP contribution in [0.1, 0.15) is 29.9 Å². The number of benzene rings is 1. The largest absolute Gasteiger partial charge is 0.474 e. The van der Waals surface area contributed by atoms with E-state index in [0.29, 0.717) is 43.2 Å². The summed E-state index contributed by atoms with van der Waals surface area (Å²) in [4.78, 5) is 8.69. The van der Waals surface area contributed by atoms with Crippen LogP contribution in [0, 0.1) is 25.2 Å². The second kappa shape index (κ2) is 7.40. The van der Waals surface area contributed by atoms with Crippen molar-refractivity contribution in [2.24, 2.45) is 0 Å². The van der Waals surface area contributed by atoms with Gasteiger partial charge in [0.05, 0.1) is 16.5 Å². The molecule has 1 aliphatic heterocycles. The molecule has 136 valence electrons. The number of ether oxygens (including phenoxy) is 1. The molecule has 7 nitrogen and oxygen atoms in total. The summed E-state index contributed by atoms with van der Waals surface area (Å²) in [6.45, 7) is 4.47. The predicted molar refractivity (Wildman–Crippen MR) is 95.1 cm³/mol. The summed E-state index contributed by atoms with van der Waals surface area (Å²) in [5.74, 6) is 1.18. The molecule has 1 aromatic carbocycles. The zero-order valence-corrected chi connectivity index (χ0v) is 15.5. The summed E-state index contributed by atoms with van der Waals surface area (Å²) in [6.07, 6.45) is 1.12. The normalized spacial score (nSPS) is 16.2. The Morgan fingerprint density at radius 1 is 1.15 bits per heavy atom. The van der Waals surface area contributed by atoms with Crippen molar-refractivity contribution in [3.05, 3.63) is 47.4 Å². The van der Waals surface area contributed by atoms with Crippen molar-refractivity contribution < 1.29 is 13.2 Å². The third-order valence-electron chi connectivity index (χ3n) is 4.25. The van der Waals surface area contributed by atoms with Crippen LogP contribution in [0.15, 0.2) is 35.2 Å². The number of aryl methyl sites for hydroxylation is 2. The first kappa shape index (κ1) is 18.3. The van der Waals surface area contributed by atoms with Gasteiger partial charge in [-0.1, -0.05) is 0 Å². The van der Waals surface area contributed by atoms with Crippen LogP contribution in [-0.2, 0) is 10.0 Å². The van der Waals surface area contributed by atoms with Crippen LogP contribution in [0.4, 0.5) is 0 Å². The second-order valence-electron chi connectivity index (χ2n) is 6.25. The van der Waals surface area contributed by atoms with Crippen LogP contribution in [0.5, 0.6) is 5.88 Å². The van der Waals surface area contributed by atoms with Gasteiger partial charge in [-0.25, -0.2) is 13.4 Å². The summed E-state index contributed by atoms with van der Waals surface area (Å²) < 4.78 is 32.8. The number of aromatic nitrogens is 2. The molecule has 0 radical (unpaired) electrons. The first-order valence-corrected chi connectivity index (χ1v) is 9.82. The fourth-order valence-electron chi connectivity index (χ4n) is 2.95. The lowest BCUT2D eigenvalue weighted by molar-refractivity contribution is 0.129. The lowest BCUT2D eigenvalue weighted by Gasteiger charge is -2.31. The zero-order chi connectivity index (χ0) is 18.7. The molecule has 1 aromatic heterocycles. The molecule has 1 fully saturated rings. The average molecular weight is 372 g/mol. The van der Waals surface area contributed by atoms with Gasteiger partial charge in [-0.3, -0.25) is 0 Å². The van der Waals surface area contributed by atoms with E-state index in [-0.39, 0.29) is 11.0 Å². The van der Waals surface area contributed by atoms with Crippen LogP contribution in [0.3, 0.4) is 0 Å². The van der Waals surface area contributed by atoms with E-state index in [1.807, 2.05) is 19.9 Å². The van der Waals surface area contributed by atoms with E-state index in [1.54, 1.807) is 6.07 Å². The van der Waals surface area contributed by atoms with Crippen molar-refractivity contribution in [2.75, 3.05) is 13.1 Å². The van der Waals surface area contributed by atoms with Gasteiger partial charge in [-0.05, 0) is 51.0 Å². The van der Waals surface area contributed by atoms with E-state index < -0.39 is 10.0 Å². The SMILES string of the molecule is Cc1cc(OC2CCN(S(=O)(=O)c3ccc(C#N)cc3)CC2)nc(C)n1. The number of nitriles is 1. The van der Waals surface area contributed by atoms with Crippen molar-refractivity contribution in [1.29, 1.82) is 5.26 Å². The van der Waals surface area contributed by atoms with Crippen LogP contribution in [0.2, 0.25) is 0 Å². The van der Waals surface area contributed by atoms with E-state index in [0.717, 1.165) is 5.69 Å². The number of nitrogens with zero attached hydrogens (tertiary/aromatic N) is 4. The van der Waals surface area contributed by atoms with Crippen molar-refractivity contribution >= 4 is 10.0 Å². The maximum Gasteiger partial charge on any atom is 0.243 e. The molecule has 0 spiro atoms. The molecule has 1 aliphatic rings. The number of piperidine rings is 1. The Kier molecular flexibility index (Phi) is 5.20. The topological polar surface area (TPSA) is 96.2 Å². The van der Waals surface area contributed by atoms with Crippen LogP contribution in [0.25, 0.3) is 0 Å². The van der Waals surface area contributed by atoms with E-state index >= 15 is 0 Å². The lowest BCUT2D eigenvalue weighted by atomic mass is 10.1. The van der Waals surface area contributed by atoms with Crippen molar-refractivity contribution in [3.8, 4) is 11.9 Å². The first-order valence-electron chi connectivity index (χ1n) is 8.38. The standard InChI is InChI=1S/C18H20N4O3S/c1-13-11-18(21-14(2)20-13)25-16-7-9-22(10-8-16)26(23,24)17-5-3-15(12-19)4-6-17/h3-6,11,16H,7-10H2,1-2H3. The highest BCUT2D eigenvalue weighted by Gasteiger charge is 2.30. The highest BCUT2D eigenvalue weighted by Crippen LogP contribution is 2.23. The molecule has 0 saturated carbocycles. The van der Waals surface area contributed by atoms with E-state index in [1.165, 1.54) is 28.6 Å². The number of rotatable bonds is 4. The van der Waals surface area contributed by atoms with Gasteiger partial charge >= 0.3 is 0 Å². The summed E-state index contributed by atoms with van der Waals surface area (Å²) in [6, 6.07) is 9.75. The minimum atomic E-state index is -3.55. The smallest absolute Gasteiger partial charge is 0.243 e. The van der Waals surface area contributed by atoms with Gasteiger partial charge in [0.15, 0.2) is 0 Å². The molecule has 2 aromatic rings. The maximum atomic E-state index is 12.7. The van der Waals surface area contributed by atoms with Gasteiger partial charge in [-0.2, -0.15) is 14.6 Å². The van der Waals surface area contributed by atoms with Crippen molar-refractivity contribution in [2.45, 2.75) is 37.7 Å². The summed E-state index contributed by atoms with van der Waals surface area (Å²) >= 11 is 0. The molecule has 0 unspecified atom stereocenters. The van der Waals surface area contributed by atoms with Gasteiger partial charge in [0.1, 0.15) is 11.9 Å². The van der Waals surface area contributed by atoms with E-state index in [4.69, 9.17) is 10.00 Å². The number of sulfonamides is 1.